The van der Waals surface area contributed by atoms with Crippen LogP contribution in [0.25, 0.3) is 0 Å². The van der Waals surface area contributed by atoms with Gasteiger partial charge in [0.25, 0.3) is 0 Å². The molecule has 0 atom stereocenters. The minimum Gasteiger partial charge on any atom is -0.361 e. The Morgan fingerprint density at radius 2 is 0.763 bits per heavy atom. The predicted octanol–water partition coefficient (Wildman–Crippen LogP) is 9.48. The van der Waals surface area contributed by atoms with Crippen molar-refractivity contribution >= 4 is 0 Å². The van der Waals surface area contributed by atoms with E-state index in [1.807, 2.05) is 0 Å². The maximum Gasteiger partial charge on any atom is 0.0503 e. The molecule has 0 bridgehead atoms. The summed E-state index contributed by atoms with van der Waals surface area (Å²) in [5, 5.41) is 0. The van der Waals surface area contributed by atoms with Crippen molar-refractivity contribution in [1.29, 1.82) is 0 Å². The molecule has 0 amide bonds. The first-order chi connectivity index (χ1) is 18.8. The van der Waals surface area contributed by atoms with Crippen LogP contribution in [0.4, 0.5) is 0 Å². The molecule has 38 heavy (non-hydrogen) atoms. The minimum atomic E-state index is 0.0865. The summed E-state index contributed by atoms with van der Waals surface area (Å²) >= 11 is 0. The van der Waals surface area contributed by atoms with Gasteiger partial charge in [-0.05, 0) is 62.8 Å². The highest BCUT2D eigenvalue weighted by atomic mass is 14.8. The molecule has 200 valence electrons. The van der Waals surface area contributed by atoms with Crippen LogP contribution < -0.4 is 0 Å². The van der Waals surface area contributed by atoms with Gasteiger partial charge in [-0.2, -0.15) is 0 Å². The Morgan fingerprint density at radius 1 is 0.421 bits per heavy atom. The summed E-state index contributed by atoms with van der Waals surface area (Å²) in [4.78, 5) is 8.31. The van der Waals surface area contributed by atoms with Crippen LogP contribution >= 0.6 is 0 Å². The number of rotatable bonds is 6. The van der Waals surface area contributed by atoms with Crippen molar-refractivity contribution in [3.63, 3.8) is 0 Å². The Hall–Kier alpha value is -2.48. The third-order valence-electron chi connectivity index (χ3n) is 11.4. The third-order valence-corrected chi connectivity index (χ3v) is 11.4. The molecule has 0 radical (unpaired) electrons. The van der Waals surface area contributed by atoms with E-state index < -0.39 is 0 Å². The van der Waals surface area contributed by atoms with Crippen molar-refractivity contribution in [3.8, 4) is 0 Å². The van der Waals surface area contributed by atoms with Crippen molar-refractivity contribution < 1.29 is 0 Å². The second-order valence-electron chi connectivity index (χ2n) is 13.2. The van der Waals surface area contributed by atoms with Crippen LogP contribution in [0.1, 0.15) is 119 Å². The molecule has 0 spiro atoms. The standard InChI is InChI=1S/C36H46N2/c1-8-22-34(23-9-1,28-14-4-5-15-28)30-18-20-32(37-30)36(26-12-3-13-27-36)33-21-19-31(38-33)35(24-10-2-11-25-35)29-16-6-7-17-29/h4-7,14-21,28-29,37-38H,1-3,8-13,22-27H2. The normalized spacial score (nSPS) is 26.4. The molecule has 5 aliphatic carbocycles. The van der Waals surface area contributed by atoms with Gasteiger partial charge < -0.3 is 9.97 Å². The molecule has 7 rings (SSSR count). The second kappa shape index (κ2) is 9.92. The van der Waals surface area contributed by atoms with E-state index in [2.05, 4.69) is 82.8 Å². The highest BCUT2D eigenvalue weighted by Crippen LogP contribution is 2.51. The molecule has 2 aromatic rings. The zero-order valence-corrected chi connectivity index (χ0v) is 23.2. The van der Waals surface area contributed by atoms with Crippen molar-refractivity contribution in [2.75, 3.05) is 0 Å². The van der Waals surface area contributed by atoms with E-state index in [4.69, 9.17) is 0 Å². The summed E-state index contributed by atoms with van der Waals surface area (Å²) in [5.41, 5.74) is 6.49. The SMILES string of the molecule is C1=CC(C2(c3ccc(C4(c5ccc(C6(C7C=CC=C7)CCCCC6)[nH]5)CCCCC4)[nH]3)CCCCC2)C=C1. The van der Waals surface area contributed by atoms with E-state index in [0.717, 1.165) is 0 Å². The summed E-state index contributed by atoms with van der Waals surface area (Å²) in [6, 6.07) is 9.94. The lowest BCUT2D eigenvalue weighted by Crippen LogP contribution is -2.37. The molecule has 0 unspecified atom stereocenters. The fourth-order valence-electron chi connectivity index (χ4n) is 9.30. The van der Waals surface area contributed by atoms with Gasteiger partial charge in [-0.3, -0.25) is 0 Å². The van der Waals surface area contributed by atoms with Crippen molar-refractivity contribution in [2.45, 2.75) is 113 Å². The number of hydrogen-bond acceptors (Lipinski definition) is 0. The van der Waals surface area contributed by atoms with Gasteiger partial charge in [0.15, 0.2) is 0 Å². The van der Waals surface area contributed by atoms with Crippen LogP contribution in [0, 0.1) is 11.8 Å². The zero-order valence-electron chi connectivity index (χ0n) is 23.2. The van der Waals surface area contributed by atoms with Crippen LogP contribution in [0.2, 0.25) is 0 Å². The highest BCUT2D eigenvalue weighted by Gasteiger charge is 2.45. The molecule has 0 saturated heterocycles. The number of hydrogen-bond donors (Lipinski definition) is 2. The number of allylic oxidation sites excluding steroid dienone is 8. The van der Waals surface area contributed by atoms with Crippen LogP contribution in [-0.4, -0.2) is 9.97 Å². The van der Waals surface area contributed by atoms with E-state index in [0.29, 0.717) is 11.8 Å². The summed E-state index contributed by atoms with van der Waals surface area (Å²) in [6.45, 7) is 0. The molecule has 3 fully saturated rings. The Balaban J connectivity index is 1.27. The van der Waals surface area contributed by atoms with E-state index >= 15 is 0 Å². The van der Waals surface area contributed by atoms with Crippen molar-refractivity contribution in [1.82, 2.24) is 9.97 Å². The number of nitrogens with one attached hydrogen (secondary N) is 2. The van der Waals surface area contributed by atoms with E-state index in [-0.39, 0.29) is 16.2 Å². The first-order valence-electron chi connectivity index (χ1n) is 15.9. The van der Waals surface area contributed by atoms with Gasteiger partial charge in [0, 0.05) is 45.4 Å². The number of H-pyrrole nitrogens is 2. The Labute approximate surface area is 229 Å². The maximum atomic E-state index is 4.15. The van der Waals surface area contributed by atoms with Crippen molar-refractivity contribution in [3.05, 3.63) is 95.6 Å². The van der Waals surface area contributed by atoms with Crippen molar-refractivity contribution in [2.24, 2.45) is 11.8 Å². The second-order valence-corrected chi connectivity index (χ2v) is 13.2. The average Bonchev–Trinajstić information content (AvgIpc) is 3.80. The maximum absolute atomic E-state index is 4.15. The van der Waals surface area contributed by atoms with Gasteiger partial charge in [0.1, 0.15) is 0 Å². The summed E-state index contributed by atoms with van der Waals surface area (Å²) in [6.07, 6.45) is 38.8. The van der Waals surface area contributed by atoms with Gasteiger partial charge >= 0.3 is 0 Å². The van der Waals surface area contributed by atoms with E-state index in [1.165, 1.54) is 119 Å². The van der Waals surface area contributed by atoms with Gasteiger partial charge in [-0.15, -0.1) is 0 Å². The first kappa shape index (κ1) is 24.6. The highest BCUT2D eigenvalue weighted by molar-refractivity contribution is 5.41. The molecule has 2 aromatic heterocycles. The average molecular weight is 507 g/mol. The number of aromatic nitrogens is 2. The third kappa shape index (κ3) is 3.89. The topological polar surface area (TPSA) is 31.6 Å². The molecule has 0 aliphatic heterocycles. The summed E-state index contributed by atoms with van der Waals surface area (Å²) in [5.74, 6) is 1.07. The van der Waals surface area contributed by atoms with Crippen LogP contribution in [0.5, 0.6) is 0 Å². The molecule has 0 aromatic carbocycles. The molecular weight excluding hydrogens is 460 g/mol. The molecule has 2 N–H and O–H groups in total. The smallest absolute Gasteiger partial charge is 0.0503 e. The molecule has 3 saturated carbocycles. The van der Waals surface area contributed by atoms with E-state index in [9.17, 15) is 0 Å². The molecule has 2 nitrogen and oxygen atoms in total. The molecular formula is C36H46N2. The van der Waals surface area contributed by atoms with Gasteiger partial charge in [0.05, 0.1) is 5.41 Å². The minimum absolute atomic E-state index is 0.0865. The van der Waals surface area contributed by atoms with Crippen LogP contribution in [0.3, 0.4) is 0 Å². The monoisotopic (exact) mass is 506 g/mol. The summed E-state index contributed by atoms with van der Waals surface area (Å²) < 4.78 is 0. The lowest BCUT2D eigenvalue weighted by Gasteiger charge is -2.42. The lowest BCUT2D eigenvalue weighted by atomic mass is 9.64. The van der Waals surface area contributed by atoms with Crippen LogP contribution in [-0.2, 0) is 16.2 Å². The zero-order chi connectivity index (χ0) is 25.5. The van der Waals surface area contributed by atoms with Gasteiger partial charge in [-0.1, -0.05) is 106 Å². The van der Waals surface area contributed by atoms with Crippen LogP contribution in [0.15, 0.2) is 72.9 Å². The lowest BCUT2D eigenvalue weighted by molar-refractivity contribution is 0.244. The quantitative estimate of drug-likeness (QED) is 0.391. The fourth-order valence-corrected chi connectivity index (χ4v) is 9.30. The Morgan fingerprint density at radius 3 is 1.16 bits per heavy atom. The Bertz CT molecular complexity index is 1110. The van der Waals surface area contributed by atoms with Gasteiger partial charge in [-0.25, -0.2) is 0 Å². The fraction of sp³-hybridized carbons (Fsp3) is 0.556. The molecule has 2 heteroatoms. The molecule has 2 heterocycles. The van der Waals surface area contributed by atoms with Gasteiger partial charge in [0.2, 0.25) is 0 Å². The first-order valence-corrected chi connectivity index (χ1v) is 15.9. The molecule has 5 aliphatic rings. The predicted molar refractivity (Wildman–Crippen MR) is 159 cm³/mol. The largest absolute Gasteiger partial charge is 0.361 e. The number of aromatic amines is 2. The van der Waals surface area contributed by atoms with E-state index in [1.54, 1.807) is 0 Å². The Kier molecular flexibility index (Phi) is 6.41. The summed E-state index contributed by atoms with van der Waals surface area (Å²) in [7, 11) is 0.